The molecule has 0 fully saturated rings. The van der Waals surface area contributed by atoms with Gasteiger partial charge in [0.05, 0.1) is 10.2 Å². The van der Waals surface area contributed by atoms with Crippen molar-refractivity contribution < 1.29 is 0 Å². The van der Waals surface area contributed by atoms with Crippen LogP contribution >= 0.6 is 15.9 Å². The minimum Gasteiger partial charge on any atom is -0.369 e. The van der Waals surface area contributed by atoms with Gasteiger partial charge in [0.15, 0.2) is 0 Å². The molecule has 0 atom stereocenters. The summed E-state index contributed by atoms with van der Waals surface area (Å²) in [5.74, 6) is 2.02. The third kappa shape index (κ3) is 3.13. The van der Waals surface area contributed by atoms with E-state index >= 15 is 0 Å². The van der Waals surface area contributed by atoms with Gasteiger partial charge >= 0.3 is 0 Å². The Morgan fingerprint density at radius 3 is 2.42 bits per heavy atom. The summed E-state index contributed by atoms with van der Waals surface area (Å²) in [6, 6.07) is 10.2. The first-order valence-corrected chi connectivity index (χ1v) is 7.29. The molecule has 0 aliphatic rings. The van der Waals surface area contributed by atoms with Crippen molar-refractivity contribution in [2.24, 2.45) is 0 Å². The Kier molecular flexibility index (Phi) is 4.53. The van der Waals surface area contributed by atoms with E-state index < -0.39 is 0 Å². The Morgan fingerprint density at radius 1 is 1.16 bits per heavy atom. The van der Waals surface area contributed by atoms with Crippen LogP contribution in [0.5, 0.6) is 0 Å². The van der Waals surface area contributed by atoms with Crippen LogP contribution in [0.3, 0.4) is 0 Å². The molecule has 1 aromatic heterocycles. The molecular weight excluding hydrogens is 302 g/mol. The molecule has 1 heterocycles. The van der Waals surface area contributed by atoms with Crippen molar-refractivity contribution in [2.75, 3.05) is 11.9 Å². The molecule has 19 heavy (non-hydrogen) atoms. The SMILES string of the molecule is CCNc1nc(C(C)C)nc(-c2ccccc2)c1Br. The standard InChI is InChI=1S/C15H18BrN3/c1-4-17-15-12(16)13(11-8-6-5-7-9-11)18-14(19-15)10(2)3/h5-10H,4H2,1-3H3,(H,17,18,19). The molecule has 3 nitrogen and oxygen atoms in total. The smallest absolute Gasteiger partial charge is 0.144 e. The van der Waals surface area contributed by atoms with Gasteiger partial charge in [-0.25, -0.2) is 9.97 Å². The van der Waals surface area contributed by atoms with Crippen LogP contribution < -0.4 is 5.32 Å². The molecule has 0 unspecified atom stereocenters. The molecule has 0 saturated heterocycles. The highest BCUT2D eigenvalue weighted by molar-refractivity contribution is 9.10. The number of halogens is 1. The van der Waals surface area contributed by atoms with Gasteiger partial charge in [-0.15, -0.1) is 0 Å². The highest BCUT2D eigenvalue weighted by Crippen LogP contribution is 2.32. The second-order valence-corrected chi connectivity index (χ2v) is 5.44. The van der Waals surface area contributed by atoms with Gasteiger partial charge in [-0.1, -0.05) is 44.2 Å². The largest absolute Gasteiger partial charge is 0.369 e. The normalized spacial score (nSPS) is 10.8. The third-order valence-electron chi connectivity index (χ3n) is 2.78. The number of benzene rings is 1. The summed E-state index contributed by atoms with van der Waals surface area (Å²) in [5, 5.41) is 3.28. The molecule has 1 N–H and O–H groups in total. The zero-order valence-corrected chi connectivity index (χ0v) is 13.0. The van der Waals surface area contributed by atoms with Crippen molar-refractivity contribution in [3.63, 3.8) is 0 Å². The molecule has 0 amide bonds. The molecule has 0 spiro atoms. The van der Waals surface area contributed by atoms with E-state index in [0.717, 1.165) is 33.9 Å². The fourth-order valence-electron chi connectivity index (χ4n) is 1.79. The van der Waals surface area contributed by atoms with Gasteiger partial charge in [-0.3, -0.25) is 0 Å². The van der Waals surface area contributed by atoms with Gasteiger partial charge in [-0.05, 0) is 22.9 Å². The molecule has 0 aliphatic carbocycles. The number of aromatic nitrogens is 2. The van der Waals surface area contributed by atoms with E-state index in [9.17, 15) is 0 Å². The summed E-state index contributed by atoms with van der Waals surface area (Å²) in [4.78, 5) is 9.27. The average Bonchev–Trinajstić information content (AvgIpc) is 2.42. The fourth-order valence-corrected chi connectivity index (χ4v) is 2.34. The van der Waals surface area contributed by atoms with Crippen LogP contribution in [-0.4, -0.2) is 16.5 Å². The average molecular weight is 320 g/mol. The lowest BCUT2D eigenvalue weighted by Gasteiger charge is -2.13. The number of hydrogen-bond donors (Lipinski definition) is 1. The Hall–Kier alpha value is -1.42. The second-order valence-electron chi connectivity index (χ2n) is 4.64. The molecule has 0 radical (unpaired) electrons. The molecule has 100 valence electrons. The van der Waals surface area contributed by atoms with Crippen LogP contribution in [0.25, 0.3) is 11.3 Å². The lowest BCUT2D eigenvalue weighted by Crippen LogP contribution is -2.07. The minimum atomic E-state index is 0.299. The lowest BCUT2D eigenvalue weighted by atomic mass is 10.1. The monoisotopic (exact) mass is 319 g/mol. The number of rotatable bonds is 4. The van der Waals surface area contributed by atoms with E-state index in [1.54, 1.807) is 0 Å². The number of nitrogens with one attached hydrogen (secondary N) is 1. The van der Waals surface area contributed by atoms with E-state index in [1.807, 2.05) is 18.2 Å². The first kappa shape index (κ1) is 14.0. The number of nitrogens with zero attached hydrogens (tertiary/aromatic N) is 2. The Balaban J connectivity index is 2.59. The van der Waals surface area contributed by atoms with Crippen molar-refractivity contribution in [3.05, 3.63) is 40.6 Å². The number of hydrogen-bond acceptors (Lipinski definition) is 3. The molecule has 0 bridgehead atoms. The zero-order valence-electron chi connectivity index (χ0n) is 11.4. The highest BCUT2D eigenvalue weighted by atomic mass is 79.9. The first-order valence-electron chi connectivity index (χ1n) is 6.50. The van der Waals surface area contributed by atoms with Crippen molar-refractivity contribution in [2.45, 2.75) is 26.7 Å². The Labute approximate surface area is 122 Å². The predicted molar refractivity (Wildman–Crippen MR) is 83.4 cm³/mol. The summed E-state index contributed by atoms with van der Waals surface area (Å²) < 4.78 is 0.921. The van der Waals surface area contributed by atoms with Gasteiger partial charge < -0.3 is 5.32 Å². The van der Waals surface area contributed by atoms with E-state index in [1.165, 1.54) is 0 Å². The molecule has 1 aromatic carbocycles. The van der Waals surface area contributed by atoms with Crippen molar-refractivity contribution >= 4 is 21.7 Å². The van der Waals surface area contributed by atoms with Gasteiger partial charge in [0.1, 0.15) is 11.6 Å². The van der Waals surface area contributed by atoms with Crippen LogP contribution in [0.15, 0.2) is 34.8 Å². The quantitative estimate of drug-likeness (QED) is 0.904. The zero-order chi connectivity index (χ0) is 13.8. The fraction of sp³-hybridized carbons (Fsp3) is 0.333. The summed E-state index contributed by atoms with van der Waals surface area (Å²) in [6.07, 6.45) is 0. The van der Waals surface area contributed by atoms with E-state index in [0.29, 0.717) is 5.92 Å². The van der Waals surface area contributed by atoms with E-state index in [-0.39, 0.29) is 0 Å². The third-order valence-corrected chi connectivity index (χ3v) is 3.53. The maximum atomic E-state index is 4.69. The molecule has 2 rings (SSSR count). The molecule has 0 aliphatic heterocycles. The highest BCUT2D eigenvalue weighted by Gasteiger charge is 2.14. The molecule has 0 saturated carbocycles. The summed E-state index contributed by atoms with van der Waals surface area (Å²) in [6.45, 7) is 7.11. The maximum Gasteiger partial charge on any atom is 0.144 e. The van der Waals surface area contributed by atoms with Gasteiger partial charge in [0.2, 0.25) is 0 Å². The Morgan fingerprint density at radius 2 is 1.84 bits per heavy atom. The van der Waals surface area contributed by atoms with Crippen LogP contribution in [0.2, 0.25) is 0 Å². The second kappa shape index (κ2) is 6.15. The van der Waals surface area contributed by atoms with Gasteiger partial charge in [0, 0.05) is 18.0 Å². The Bertz CT molecular complexity index is 553. The van der Waals surface area contributed by atoms with Gasteiger partial charge in [0.25, 0.3) is 0 Å². The maximum absolute atomic E-state index is 4.69. The minimum absolute atomic E-state index is 0.299. The predicted octanol–water partition coefficient (Wildman–Crippen LogP) is 4.46. The van der Waals surface area contributed by atoms with E-state index in [4.69, 9.17) is 0 Å². The summed E-state index contributed by atoms with van der Waals surface area (Å²) in [7, 11) is 0. The molecule has 4 heteroatoms. The molecule has 2 aromatic rings. The lowest BCUT2D eigenvalue weighted by molar-refractivity contribution is 0.775. The van der Waals surface area contributed by atoms with Crippen molar-refractivity contribution in [3.8, 4) is 11.3 Å². The van der Waals surface area contributed by atoms with E-state index in [2.05, 4.69) is 64.1 Å². The molecular formula is C15H18BrN3. The van der Waals surface area contributed by atoms with Crippen molar-refractivity contribution in [1.29, 1.82) is 0 Å². The summed E-state index contributed by atoms with van der Waals surface area (Å²) in [5.41, 5.74) is 2.04. The van der Waals surface area contributed by atoms with Crippen LogP contribution in [0, 0.1) is 0 Å². The van der Waals surface area contributed by atoms with Crippen LogP contribution in [-0.2, 0) is 0 Å². The van der Waals surface area contributed by atoms with Crippen LogP contribution in [0.4, 0.5) is 5.82 Å². The van der Waals surface area contributed by atoms with Crippen molar-refractivity contribution in [1.82, 2.24) is 9.97 Å². The number of anilines is 1. The van der Waals surface area contributed by atoms with Gasteiger partial charge in [-0.2, -0.15) is 0 Å². The van der Waals surface area contributed by atoms with Crippen LogP contribution in [0.1, 0.15) is 32.5 Å². The first-order chi connectivity index (χ1) is 9.13. The topological polar surface area (TPSA) is 37.8 Å². The summed E-state index contributed by atoms with van der Waals surface area (Å²) >= 11 is 3.61.